The summed E-state index contributed by atoms with van der Waals surface area (Å²) in [6, 6.07) is 0.389. The van der Waals surface area contributed by atoms with Gasteiger partial charge < -0.3 is 11.5 Å². The third-order valence-corrected chi connectivity index (χ3v) is 2.38. The number of hydrogen-bond acceptors (Lipinski definition) is 2. The van der Waals surface area contributed by atoms with Gasteiger partial charge in [0.25, 0.3) is 0 Å². The van der Waals surface area contributed by atoms with E-state index < -0.39 is 0 Å². The summed E-state index contributed by atoms with van der Waals surface area (Å²) in [6.45, 7) is 0. The Hall–Kier alpha value is -0.380. The van der Waals surface area contributed by atoms with E-state index in [9.17, 15) is 0 Å². The van der Waals surface area contributed by atoms with Crippen LogP contribution in [0.3, 0.4) is 0 Å². The lowest BCUT2D eigenvalue weighted by molar-refractivity contribution is 0.759. The fraction of sp³-hybridized carbons (Fsp3) is 0.800. The minimum atomic E-state index is 0.225. The molecular formula is C5H11N3S. The molecule has 1 saturated heterocycles. The van der Waals surface area contributed by atoms with Crippen LogP contribution >= 0.6 is 11.8 Å². The predicted molar refractivity (Wildman–Crippen MR) is 41.5 cm³/mol. The second-order valence-electron chi connectivity index (χ2n) is 2.07. The Balaban J connectivity index is 2.35. The summed E-state index contributed by atoms with van der Waals surface area (Å²) >= 11 is 1.91. The molecule has 52 valence electrons. The normalized spacial score (nSPS) is 26.0. The summed E-state index contributed by atoms with van der Waals surface area (Å²) in [6.07, 6.45) is 1.13. The molecule has 0 radical (unpaired) electrons. The van der Waals surface area contributed by atoms with Crippen molar-refractivity contribution in [1.29, 1.82) is 0 Å². The van der Waals surface area contributed by atoms with Gasteiger partial charge in [-0.05, 0) is 12.2 Å². The Morgan fingerprint density at radius 2 is 2.33 bits per heavy atom. The zero-order valence-corrected chi connectivity index (χ0v) is 6.03. The van der Waals surface area contributed by atoms with Gasteiger partial charge in [-0.15, -0.1) is 0 Å². The highest BCUT2D eigenvalue weighted by atomic mass is 32.2. The van der Waals surface area contributed by atoms with Crippen LogP contribution in [0.15, 0.2) is 4.99 Å². The Labute approximate surface area is 58.9 Å². The Kier molecular flexibility index (Phi) is 2.22. The van der Waals surface area contributed by atoms with Crippen molar-refractivity contribution in [2.75, 3.05) is 11.5 Å². The average Bonchev–Trinajstić information content (AvgIpc) is 2.15. The molecule has 0 bridgehead atoms. The van der Waals surface area contributed by atoms with Crippen molar-refractivity contribution < 1.29 is 0 Å². The van der Waals surface area contributed by atoms with Crippen molar-refractivity contribution in [3.63, 3.8) is 0 Å². The molecule has 1 atom stereocenters. The lowest BCUT2D eigenvalue weighted by atomic mass is 10.3. The van der Waals surface area contributed by atoms with Gasteiger partial charge in [0.15, 0.2) is 5.96 Å². The molecule has 0 aliphatic carbocycles. The van der Waals surface area contributed by atoms with Crippen LogP contribution in [-0.4, -0.2) is 23.5 Å². The molecule has 1 aliphatic heterocycles. The number of thioether (sulfide) groups is 1. The first kappa shape index (κ1) is 6.74. The van der Waals surface area contributed by atoms with E-state index in [2.05, 4.69) is 4.99 Å². The van der Waals surface area contributed by atoms with Crippen molar-refractivity contribution in [2.45, 2.75) is 12.5 Å². The number of nitrogens with two attached hydrogens (primary N) is 2. The molecule has 0 aromatic carbocycles. The SMILES string of the molecule is NC(N)=NC1CCSC1. The largest absolute Gasteiger partial charge is 0.370 e. The third-order valence-electron chi connectivity index (χ3n) is 1.24. The summed E-state index contributed by atoms with van der Waals surface area (Å²) in [7, 11) is 0. The Bertz CT molecular complexity index is 113. The predicted octanol–water partition coefficient (Wildman–Crippen LogP) is -0.235. The van der Waals surface area contributed by atoms with Gasteiger partial charge in [0.2, 0.25) is 0 Å². The van der Waals surface area contributed by atoms with Crippen molar-refractivity contribution in [2.24, 2.45) is 16.5 Å². The van der Waals surface area contributed by atoms with Crippen LogP contribution in [0.5, 0.6) is 0 Å². The van der Waals surface area contributed by atoms with Crippen LogP contribution in [0.4, 0.5) is 0 Å². The molecule has 4 N–H and O–H groups in total. The summed E-state index contributed by atoms with van der Waals surface area (Å²) in [5, 5.41) is 0. The topological polar surface area (TPSA) is 64.4 Å². The van der Waals surface area contributed by atoms with E-state index in [1.54, 1.807) is 0 Å². The van der Waals surface area contributed by atoms with Crippen molar-refractivity contribution in [3.05, 3.63) is 0 Å². The van der Waals surface area contributed by atoms with Crippen molar-refractivity contribution in [3.8, 4) is 0 Å². The van der Waals surface area contributed by atoms with E-state index in [1.165, 1.54) is 5.75 Å². The summed E-state index contributed by atoms with van der Waals surface area (Å²) in [5.74, 6) is 2.50. The van der Waals surface area contributed by atoms with E-state index in [1.807, 2.05) is 11.8 Å². The highest BCUT2D eigenvalue weighted by Crippen LogP contribution is 2.19. The summed E-state index contributed by atoms with van der Waals surface area (Å²) in [5.41, 5.74) is 10.4. The fourth-order valence-corrected chi connectivity index (χ4v) is 1.95. The molecule has 0 spiro atoms. The maximum Gasteiger partial charge on any atom is 0.186 e. The van der Waals surface area contributed by atoms with E-state index in [4.69, 9.17) is 11.5 Å². The maximum absolute atomic E-state index is 5.19. The first-order chi connectivity index (χ1) is 4.29. The second-order valence-corrected chi connectivity index (χ2v) is 3.22. The van der Waals surface area contributed by atoms with E-state index in [-0.39, 0.29) is 5.96 Å². The number of nitrogens with zero attached hydrogens (tertiary/aromatic N) is 1. The molecule has 1 aliphatic rings. The summed E-state index contributed by atoms with van der Waals surface area (Å²) in [4.78, 5) is 4.03. The van der Waals surface area contributed by atoms with E-state index in [0.29, 0.717) is 6.04 Å². The lowest BCUT2D eigenvalue weighted by Gasteiger charge is -1.99. The third kappa shape index (κ3) is 2.13. The maximum atomic E-state index is 5.19. The molecule has 0 amide bonds. The van der Waals surface area contributed by atoms with Gasteiger partial charge in [0.05, 0.1) is 6.04 Å². The quantitative estimate of drug-likeness (QED) is 0.395. The van der Waals surface area contributed by atoms with Gasteiger partial charge in [0.1, 0.15) is 0 Å². The standard InChI is InChI=1S/C5H11N3S/c6-5(7)8-4-1-2-9-3-4/h4H,1-3H2,(H4,6,7,8). The van der Waals surface area contributed by atoms with Gasteiger partial charge in [0, 0.05) is 5.75 Å². The van der Waals surface area contributed by atoms with Crippen LogP contribution in [-0.2, 0) is 0 Å². The molecule has 3 nitrogen and oxygen atoms in total. The smallest absolute Gasteiger partial charge is 0.186 e. The van der Waals surface area contributed by atoms with Crippen molar-refractivity contribution >= 4 is 17.7 Å². The number of guanidine groups is 1. The van der Waals surface area contributed by atoms with Gasteiger partial charge in [-0.25, -0.2) is 4.99 Å². The molecule has 0 aromatic heterocycles. The molecule has 4 heteroatoms. The fourth-order valence-electron chi connectivity index (χ4n) is 0.835. The number of hydrogen-bond donors (Lipinski definition) is 2. The number of aliphatic imine (C=N–C) groups is 1. The van der Waals surface area contributed by atoms with Gasteiger partial charge in [-0.2, -0.15) is 11.8 Å². The highest BCUT2D eigenvalue weighted by molar-refractivity contribution is 7.99. The molecule has 9 heavy (non-hydrogen) atoms. The van der Waals surface area contributed by atoms with E-state index >= 15 is 0 Å². The van der Waals surface area contributed by atoms with Gasteiger partial charge in [-0.3, -0.25) is 0 Å². The molecule has 1 rings (SSSR count). The average molecular weight is 145 g/mol. The molecule has 1 unspecified atom stereocenters. The minimum Gasteiger partial charge on any atom is -0.370 e. The second kappa shape index (κ2) is 2.96. The summed E-state index contributed by atoms with van der Waals surface area (Å²) < 4.78 is 0. The Morgan fingerprint density at radius 1 is 1.56 bits per heavy atom. The van der Waals surface area contributed by atoms with Crippen molar-refractivity contribution in [1.82, 2.24) is 0 Å². The van der Waals surface area contributed by atoms with Crippen LogP contribution in [0, 0.1) is 0 Å². The zero-order chi connectivity index (χ0) is 6.69. The minimum absolute atomic E-state index is 0.225. The van der Waals surface area contributed by atoms with Gasteiger partial charge >= 0.3 is 0 Å². The molecular weight excluding hydrogens is 134 g/mol. The van der Waals surface area contributed by atoms with Gasteiger partial charge in [-0.1, -0.05) is 0 Å². The number of rotatable bonds is 1. The zero-order valence-electron chi connectivity index (χ0n) is 5.21. The first-order valence-electron chi connectivity index (χ1n) is 2.95. The Morgan fingerprint density at radius 3 is 2.78 bits per heavy atom. The van der Waals surface area contributed by atoms with Crippen LogP contribution in [0.25, 0.3) is 0 Å². The first-order valence-corrected chi connectivity index (χ1v) is 4.11. The lowest BCUT2D eigenvalue weighted by Crippen LogP contribution is -2.25. The van der Waals surface area contributed by atoms with Crippen LogP contribution in [0.1, 0.15) is 6.42 Å². The molecule has 0 aromatic rings. The van der Waals surface area contributed by atoms with Crippen LogP contribution in [0.2, 0.25) is 0 Å². The molecule has 0 saturated carbocycles. The molecule has 1 heterocycles. The molecule has 1 fully saturated rings. The van der Waals surface area contributed by atoms with Crippen LogP contribution < -0.4 is 11.5 Å². The highest BCUT2D eigenvalue weighted by Gasteiger charge is 2.13. The van der Waals surface area contributed by atoms with E-state index in [0.717, 1.165) is 12.2 Å². The monoisotopic (exact) mass is 145 g/mol.